The maximum absolute atomic E-state index is 14.3. The first-order valence-corrected chi connectivity index (χ1v) is 12.0. The van der Waals surface area contributed by atoms with Crippen LogP contribution in [0.1, 0.15) is 30.3 Å². The zero-order chi connectivity index (χ0) is 26.7. The number of anilines is 1. The van der Waals surface area contributed by atoms with E-state index in [2.05, 4.69) is 15.1 Å². The molecule has 2 atom stereocenters. The molecular formula is C26H24F4N8. The Bertz CT molecular complexity index is 1430. The number of fused-ring (bicyclic) bond motifs is 1. The molecule has 8 nitrogen and oxygen atoms in total. The van der Waals surface area contributed by atoms with Gasteiger partial charge >= 0.3 is 6.18 Å². The molecule has 4 N–H and O–H groups in total. The van der Waals surface area contributed by atoms with E-state index in [1.165, 1.54) is 18.5 Å². The van der Waals surface area contributed by atoms with Crippen molar-refractivity contribution in [3.05, 3.63) is 90.4 Å². The smallest absolute Gasteiger partial charge is 0.337 e. The van der Waals surface area contributed by atoms with Gasteiger partial charge in [-0.05, 0) is 66.9 Å². The second kappa shape index (κ2) is 8.86. The molecule has 0 bridgehead atoms. The molecule has 1 fully saturated rings. The third-order valence-electron chi connectivity index (χ3n) is 7.25. The number of halogens is 4. The van der Waals surface area contributed by atoms with Gasteiger partial charge in [-0.25, -0.2) is 23.9 Å². The standard InChI is InChI=1S/C26H24F4N8/c27-18-5-3-17(4-6-18)20-9-10-21-22(35-20)23(31)38(25(11-12-25)26(28,29)30)24(32)36(21)13-16-1-7-19(8-2-16)37-15-33-14-34-37/h1-10,14-15,23-24H,11-13,31-32H2. The average Bonchev–Trinajstić information content (AvgIpc) is 3.53. The Balaban J connectivity index is 1.40. The van der Waals surface area contributed by atoms with Gasteiger partial charge in [0.2, 0.25) is 0 Å². The summed E-state index contributed by atoms with van der Waals surface area (Å²) in [4.78, 5) is 11.4. The number of benzene rings is 2. The molecule has 196 valence electrons. The highest BCUT2D eigenvalue weighted by Crippen LogP contribution is 2.57. The van der Waals surface area contributed by atoms with Gasteiger partial charge in [0.15, 0.2) is 0 Å². The van der Waals surface area contributed by atoms with Crippen LogP contribution in [0.5, 0.6) is 0 Å². The molecule has 1 aliphatic carbocycles. The Morgan fingerprint density at radius 3 is 2.26 bits per heavy atom. The summed E-state index contributed by atoms with van der Waals surface area (Å²) in [5, 5.41) is 4.11. The molecule has 0 radical (unpaired) electrons. The highest BCUT2D eigenvalue weighted by atomic mass is 19.4. The van der Waals surface area contributed by atoms with E-state index in [1.807, 2.05) is 24.3 Å². The van der Waals surface area contributed by atoms with Crippen LogP contribution in [0.15, 0.2) is 73.3 Å². The van der Waals surface area contributed by atoms with E-state index in [0.717, 1.165) is 16.2 Å². The summed E-state index contributed by atoms with van der Waals surface area (Å²) in [6, 6.07) is 16.6. The molecule has 1 aliphatic heterocycles. The predicted molar refractivity (Wildman–Crippen MR) is 132 cm³/mol. The van der Waals surface area contributed by atoms with Crippen molar-refractivity contribution in [3.63, 3.8) is 0 Å². The summed E-state index contributed by atoms with van der Waals surface area (Å²) in [6.07, 6.45) is -4.03. The lowest BCUT2D eigenvalue weighted by Gasteiger charge is -2.50. The molecule has 0 amide bonds. The van der Waals surface area contributed by atoms with Crippen molar-refractivity contribution in [2.45, 2.75) is 43.6 Å². The summed E-state index contributed by atoms with van der Waals surface area (Å²) in [5.41, 5.74) is 14.5. The Hall–Kier alpha value is -3.87. The number of pyridine rings is 1. The summed E-state index contributed by atoms with van der Waals surface area (Å²) in [6.45, 7) is 0.223. The number of hydrogen-bond acceptors (Lipinski definition) is 7. The molecule has 12 heteroatoms. The minimum Gasteiger partial charge on any atom is -0.337 e. The van der Waals surface area contributed by atoms with Crippen molar-refractivity contribution in [2.75, 3.05) is 4.90 Å². The van der Waals surface area contributed by atoms with E-state index in [9.17, 15) is 17.6 Å². The molecule has 38 heavy (non-hydrogen) atoms. The van der Waals surface area contributed by atoms with Crippen LogP contribution in [0.3, 0.4) is 0 Å². The predicted octanol–water partition coefficient (Wildman–Crippen LogP) is 4.09. The van der Waals surface area contributed by atoms with E-state index < -0.39 is 30.0 Å². The molecular weight excluding hydrogens is 500 g/mol. The van der Waals surface area contributed by atoms with E-state index in [-0.39, 0.29) is 25.1 Å². The number of hydrogen-bond donors (Lipinski definition) is 2. The first-order valence-electron chi connectivity index (χ1n) is 12.0. The van der Waals surface area contributed by atoms with Crippen molar-refractivity contribution in [3.8, 4) is 16.9 Å². The Kier molecular flexibility index (Phi) is 5.70. The first-order chi connectivity index (χ1) is 18.2. The number of rotatable bonds is 5. The fraction of sp³-hybridized carbons (Fsp3) is 0.269. The quantitative estimate of drug-likeness (QED) is 0.379. The molecule has 2 aromatic heterocycles. The highest BCUT2D eigenvalue weighted by Gasteiger charge is 2.70. The van der Waals surface area contributed by atoms with E-state index in [1.54, 1.807) is 40.2 Å². The zero-order valence-corrected chi connectivity index (χ0v) is 20.1. The summed E-state index contributed by atoms with van der Waals surface area (Å²) in [7, 11) is 0. The van der Waals surface area contributed by atoms with Crippen LogP contribution in [-0.2, 0) is 6.54 Å². The van der Waals surface area contributed by atoms with Gasteiger partial charge < -0.3 is 10.6 Å². The van der Waals surface area contributed by atoms with Crippen LogP contribution < -0.4 is 16.4 Å². The second-order valence-electron chi connectivity index (χ2n) is 9.54. The molecule has 2 aromatic carbocycles. The Morgan fingerprint density at radius 2 is 1.66 bits per heavy atom. The van der Waals surface area contributed by atoms with E-state index in [4.69, 9.17) is 11.5 Å². The van der Waals surface area contributed by atoms with Crippen LogP contribution in [0.2, 0.25) is 0 Å². The van der Waals surface area contributed by atoms with Gasteiger partial charge in [0, 0.05) is 12.1 Å². The lowest BCUT2D eigenvalue weighted by atomic mass is 10.0. The molecule has 0 saturated heterocycles. The molecule has 6 rings (SSSR count). The number of nitrogens with zero attached hydrogens (tertiary/aromatic N) is 6. The van der Waals surface area contributed by atoms with Gasteiger partial charge in [-0.3, -0.25) is 5.73 Å². The Morgan fingerprint density at radius 1 is 0.947 bits per heavy atom. The third-order valence-corrected chi connectivity index (χ3v) is 7.25. The van der Waals surface area contributed by atoms with E-state index in [0.29, 0.717) is 16.9 Å². The molecule has 2 unspecified atom stereocenters. The van der Waals surface area contributed by atoms with Gasteiger partial charge in [-0.2, -0.15) is 18.3 Å². The Labute approximate surface area is 215 Å². The van der Waals surface area contributed by atoms with E-state index >= 15 is 0 Å². The van der Waals surface area contributed by atoms with Crippen molar-refractivity contribution >= 4 is 5.69 Å². The lowest BCUT2D eigenvalue weighted by molar-refractivity contribution is -0.211. The lowest BCUT2D eigenvalue weighted by Crippen LogP contribution is -2.67. The summed E-state index contributed by atoms with van der Waals surface area (Å²) in [5.74, 6) is -0.401. The van der Waals surface area contributed by atoms with Gasteiger partial charge in [0.25, 0.3) is 0 Å². The topological polar surface area (TPSA) is 102 Å². The minimum atomic E-state index is -4.51. The summed E-state index contributed by atoms with van der Waals surface area (Å²) >= 11 is 0. The third kappa shape index (κ3) is 4.01. The highest BCUT2D eigenvalue weighted by molar-refractivity contribution is 5.65. The fourth-order valence-corrected chi connectivity index (χ4v) is 5.10. The van der Waals surface area contributed by atoms with Gasteiger partial charge in [0.05, 0.1) is 22.8 Å². The van der Waals surface area contributed by atoms with Crippen LogP contribution in [0.25, 0.3) is 16.9 Å². The van der Waals surface area contributed by atoms with Gasteiger partial charge in [-0.15, -0.1) is 0 Å². The van der Waals surface area contributed by atoms with Crippen LogP contribution in [0, 0.1) is 5.82 Å². The number of aromatic nitrogens is 4. The SMILES string of the molecule is NC1c2nc(-c3ccc(F)cc3)ccc2N(Cc2ccc(-n3cncn3)cc2)C(N)N1C1(C(F)(F)F)CC1. The van der Waals surface area contributed by atoms with Crippen molar-refractivity contribution in [1.29, 1.82) is 0 Å². The van der Waals surface area contributed by atoms with Crippen molar-refractivity contribution in [2.24, 2.45) is 11.5 Å². The van der Waals surface area contributed by atoms with Crippen LogP contribution in [0.4, 0.5) is 23.2 Å². The number of alkyl halides is 3. The van der Waals surface area contributed by atoms with Crippen molar-refractivity contribution < 1.29 is 17.6 Å². The van der Waals surface area contributed by atoms with Crippen LogP contribution >= 0.6 is 0 Å². The first kappa shape index (κ1) is 24.5. The zero-order valence-electron chi connectivity index (χ0n) is 20.1. The maximum Gasteiger partial charge on any atom is 0.406 e. The molecule has 3 heterocycles. The molecule has 1 saturated carbocycles. The number of nitrogens with two attached hydrogens (primary N) is 2. The average molecular weight is 525 g/mol. The monoisotopic (exact) mass is 524 g/mol. The second-order valence-corrected chi connectivity index (χ2v) is 9.54. The normalized spacial score (nSPS) is 20.8. The minimum absolute atomic E-state index is 0.0919. The molecule has 2 aliphatic rings. The van der Waals surface area contributed by atoms with Gasteiger partial charge in [0.1, 0.15) is 36.5 Å². The van der Waals surface area contributed by atoms with Crippen molar-refractivity contribution in [1.82, 2.24) is 24.6 Å². The van der Waals surface area contributed by atoms with Crippen LogP contribution in [-0.4, -0.2) is 42.7 Å². The molecule has 4 aromatic rings. The van der Waals surface area contributed by atoms with Gasteiger partial charge in [-0.1, -0.05) is 12.1 Å². The molecule has 0 spiro atoms. The fourth-order valence-electron chi connectivity index (χ4n) is 5.10. The maximum atomic E-state index is 14.3. The largest absolute Gasteiger partial charge is 0.406 e. The summed E-state index contributed by atoms with van der Waals surface area (Å²) < 4.78 is 57.9.